The summed E-state index contributed by atoms with van der Waals surface area (Å²) in [5, 5.41) is 6.54. The number of amides is 1. The normalized spacial score (nSPS) is 16.4. The fourth-order valence-corrected chi connectivity index (χ4v) is 5.26. The maximum Gasteiger partial charge on any atom is 0.573 e. The molecule has 0 bridgehead atoms. The van der Waals surface area contributed by atoms with E-state index in [4.69, 9.17) is 4.98 Å². The second-order valence-corrected chi connectivity index (χ2v) is 10.8. The SMILES string of the molecule is Cc1cnc2c(c1)nc(CCC(=O)N[C@@H](C)c1ccc(N3CCN[C@@H](C)C3)cc1)n2Cc1ccc(OC(F)(F)F)cc1. The second-order valence-electron chi connectivity index (χ2n) is 10.8. The molecule has 3 heterocycles. The van der Waals surface area contributed by atoms with Crippen LogP contribution in [0.2, 0.25) is 0 Å². The first kappa shape index (κ1) is 29.4. The van der Waals surface area contributed by atoms with E-state index < -0.39 is 6.36 Å². The molecule has 1 aliphatic rings. The van der Waals surface area contributed by atoms with Crippen LogP contribution in [0.3, 0.4) is 0 Å². The smallest absolute Gasteiger partial charge is 0.406 e. The van der Waals surface area contributed by atoms with Gasteiger partial charge in [-0.25, -0.2) is 9.97 Å². The molecule has 2 atom stereocenters. The average molecular weight is 581 g/mol. The molecule has 222 valence electrons. The Labute approximate surface area is 242 Å². The number of anilines is 1. The molecule has 42 heavy (non-hydrogen) atoms. The fraction of sp³-hybridized carbons (Fsp3) is 0.387. The number of alkyl halides is 3. The third kappa shape index (κ3) is 7.39. The Hall–Kier alpha value is -4.12. The highest BCUT2D eigenvalue weighted by atomic mass is 19.4. The lowest BCUT2D eigenvalue weighted by Gasteiger charge is -2.33. The minimum atomic E-state index is -4.75. The zero-order chi connectivity index (χ0) is 29.9. The van der Waals surface area contributed by atoms with E-state index in [1.807, 2.05) is 24.5 Å². The molecule has 5 rings (SSSR count). The van der Waals surface area contributed by atoms with E-state index in [0.29, 0.717) is 36.0 Å². The predicted molar refractivity (Wildman–Crippen MR) is 155 cm³/mol. The first-order valence-electron chi connectivity index (χ1n) is 14.1. The van der Waals surface area contributed by atoms with Gasteiger partial charge in [-0.1, -0.05) is 24.3 Å². The van der Waals surface area contributed by atoms with Crippen molar-refractivity contribution in [3.8, 4) is 5.75 Å². The number of fused-ring (bicyclic) bond motifs is 1. The first-order chi connectivity index (χ1) is 20.0. The fourth-order valence-electron chi connectivity index (χ4n) is 5.26. The van der Waals surface area contributed by atoms with Crippen molar-refractivity contribution in [1.82, 2.24) is 25.2 Å². The van der Waals surface area contributed by atoms with Crippen LogP contribution in [0.25, 0.3) is 11.2 Å². The van der Waals surface area contributed by atoms with Crippen molar-refractivity contribution in [3.63, 3.8) is 0 Å². The molecule has 0 unspecified atom stereocenters. The molecule has 0 saturated carbocycles. The minimum absolute atomic E-state index is 0.0982. The van der Waals surface area contributed by atoms with Gasteiger partial charge in [-0.05, 0) is 67.8 Å². The van der Waals surface area contributed by atoms with Crippen molar-refractivity contribution in [2.24, 2.45) is 0 Å². The highest BCUT2D eigenvalue weighted by Crippen LogP contribution is 2.25. The van der Waals surface area contributed by atoms with Gasteiger partial charge in [0.2, 0.25) is 5.91 Å². The number of piperazine rings is 1. The van der Waals surface area contributed by atoms with Crippen LogP contribution < -0.4 is 20.3 Å². The van der Waals surface area contributed by atoms with Crippen LogP contribution in [-0.4, -0.2) is 52.5 Å². The number of nitrogens with one attached hydrogen (secondary N) is 2. The number of benzene rings is 2. The number of imidazole rings is 1. The zero-order valence-corrected chi connectivity index (χ0v) is 23.9. The van der Waals surface area contributed by atoms with E-state index in [-0.39, 0.29) is 24.1 Å². The van der Waals surface area contributed by atoms with Gasteiger partial charge in [0, 0.05) is 50.4 Å². The van der Waals surface area contributed by atoms with Gasteiger partial charge >= 0.3 is 6.36 Å². The first-order valence-corrected chi connectivity index (χ1v) is 14.1. The molecule has 2 N–H and O–H groups in total. The molecule has 1 aliphatic heterocycles. The highest BCUT2D eigenvalue weighted by Gasteiger charge is 2.31. The van der Waals surface area contributed by atoms with Crippen molar-refractivity contribution in [1.29, 1.82) is 0 Å². The lowest BCUT2D eigenvalue weighted by Crippen LogP contribution is -2.49. The quantitative estimate of drug-likeness (QED) is 0.280. The number of nitrogens with zero attached hydrogens (tertiary/aromatic N) is 4. The van der Waals surface area contributed by atoms with Gasteiger partial charge in [-0.2, -0.15) is 0 Å². The van der Waals surface area contributed by atoms with Crippen LogP contribution in [0.15, 0.2) is 60.8 Å². The number of ether oxygens (including phenoxy) is 1. The third-order valence-corrected chi connectivity index (χ3v) is 7.38. The number of hydrogen-bond donors (Lipinski definition) is 2. The molecule has 11 heteroatoms. The van der Waals surface area contributed by atoms with Crippen molar-refractivity contribution in [2.45, 2.75) is 58.6 Å². The number of hydrogen-bond acceptors (Lipinski definition) is 6. The van der Waals surface area contributed by atoms with Crippen LogP contribution >= 0.6 is 0 Å². The van der Waals surface area contributed by atoms with E-state index in [9.17, 15) is 18.0 Å². The van der Waals surface area contributed by atoms with E-state index in [0.717, 1.165) is 36.3 Å². The summed E-state index contributed by atoms with van der Waals surface area (Å²) in [6, 6.07) is 16.3. The van der Waals surface area contributed by atoms with Gasteiger partial charge in [-0.3, -0.25) is 4.79 Å². The zero-order valence-electron chi connectivity index (χ0n) is 23.9. The van der Waals surface area contributed by atoms with Gasteiger partial charge < -0.3 is 24.8 Å². The molecule has 2 aromatic carbocycles. The largest absolute Gasteiger partial charge is 0.573 e. The Bertz CT molecular complexity index is 1520. The predicted octanol–water partition coefficient (Wildman–Crippen LogP) is 5.29. The summed E-state index contributed by atoms with van der Waals surface area (Å²) in [6.07, 6.45) is -2.40. The summed E-state index contributed by atoms with van der Waals surface area (Å²) in [6.45, 7) is 9.30. The number of rotatable bonds is 9. The summed E-state index contributed by atoms with van der Waals surface area (Å²) >= 11 is 0. The molecular weight excluding hydrogens is 545 g/mol. The monoisotopic (exact) mass is 580 g/mol. The van der Waals surface area contributed by atoms with Crippen molar-refractivity contribution in [3.05, 3.63) is 83.3 Å². The number of halogens is 3. The molecule has 8 nitrogen and oxygen atoms in total. The van der Waals surface area contributed by atoms with E-state index in [2.05, 4.69) is 56.4 Å². The van der Waals surface area contributed by atoms with Gasteiger partial charge in [0.15, 0.2) is 5.65 Å². The molecule has 0 spiro atoms. The standard InChI is InChI=1S/C31H35F3N6O2/c1-20-16-27-30(36-17-20)40(19-23-4-10-26(11-5-23)42-31(32,33)34)28(38-27)12-13-29(41)37-22(3)24-6-8-25(9-7-24)39-15-14-35-21(2)18-39/h4-11,16-17,21-22,35H,12-15,18-19H2,1-3H3,(H,37,41)/t21-,22-/m0/s1. The number of aromatic nitrogens is 3. The van der Waals surface area contributed by atoms with Crippen LogP contribution in [0.1, 0.15) is 48.8 Å². The number of carbonyl (C=O) groups excluding carboxylic acids is 1. The maximum atomic E-state index is 13.0. The lowest BCUT2D eigenvalue weighted by atomic mass is 10.1. The summed E-state index contributed by atoms with van der Waals surface area (Å²) < 4.78 is 43.5. The van der Waals surface area contributed by atoms with Gasteiger partial charge in [0.05, 0.1) is 12.6 Å². The molecular formula is C31H35F3N6O2. The number of carbonyl (C=O) groups is 1. The van der Waals surface area contributed by atoms with Crippen molar-refractivity contribution >= 4 is 22.8 Å². The summed E-state index contributed by atoms with van der Waals surface area (Å²) in [5.74, 6) is 0.296. The summed E-state index contributed by atoms with van der Waals surface area (Å²) in [5.41, 5.74) is 5.27. The minimum Gasteiger partial charge on any atom is -0.406 e. The van der Waals surface area contributed by atoms with E-state index >= 15 is 0 Å². The Balaban J connectivity index is 1.24. The Morgan fingerprint density at radius 2 is 1.90 bits per heavy atom. The second kappa shape index (κ2) is 12.4. The van der Waals surface area contributed by atoms with Crippen LogP contribution in [-0.2, 0) is 17.8 Å². The van der Waals surface area contributed by atoms with Crippen LogP contribution in [0.4, 0.5) is 18.9 Å². The Kier molecular flexibility index (Phi) is 8.67. The number of aryl methyl sites for hydroxylation is 2. The average Bonchev–Trinajstić information content (AvgIpc) is 3.28. The van der Waals surface area contributed by atoms with Gasteiger partial charge in [0.25, 0.3) is 0 Å². The maximum absolute atomic E-state index is 13.0. The van der Waals surface area contributed by atoms with Crippen LogP contribution in [0.5, 0.6) is 5.75 Å². The lowest BCUT2D eigenvalue weighted by molar-refractivity contribution is -0.274. The summed E-state index contributed by atoms with van der Waals surface area (Å²) in [7, 11) is 0. The molecule has 0 aliphatic carbocycles. The Morgan fingerprint density at radius 1 is 1.17 bits per heavy atom. The van der Waals surface area contributed by atoms with Gasteiger partial charge in [0.1, 0.15) is 17.1 Å². The molecule has 1 fully saturated rings. The number of pyridine rings is 1. The molecule has 0 radical (unpaired) electrons. The highest BCUT2D eigenvalue weighted by molar-refractivity contribution is 5.77. The van der Waals surface area contributed by atoms with Crippen LogP contribution in [0, 0.1) is 6.92 Å². The summed E-state index contributed by atoms with van der Waals surface area (Å²) in [4.78, 5) is 24.6. The topological polar surface area (TPSA) is 84.3 Å². The molecule has 1 saturated heterocycles. The van der Waals surface area contributed by atoms with Gasteiger partial charge in [-0.15, -0.1) is 13.2 Å². The van der Waals surface area contributed by atoms with E-state index in [1.165, 1.54) is 17.8 Å². The van der Waals surface area contributed by atoms with Crippen molar-refractivity contribution in [2.75, 3.05) is 24.5 Å². The Morgan fingerprint density at radius 3 is 2.60 bits per heavy atom. The van der Waals surface area contributed by atoms with Crippen molar-refractivity contribution < 1.29 is 22.7 Å². The van der Waals surface area contributed by atoms with E-state index in [1.54, 1.807) is 18.3 Å². The molecule has 4 aromatic rings. The third-order valence-electron chi connectivity index (χ3n) is 7.38. The molecule has 1 amide bonds. The molecule has 2 aromatic heterocycles.